The minimum atomic E-state index is 0.750. The molecular formula is C8H14N2OS. The molecule has 0 aliphatic rings. The van der Waals surface area contributed by atoms with Gasteiger partial charge in [-0.3, -0.25) is 0 Å². The van der Waals surface area contributed by atoms with Crippen LogP contribution in [0.2, 0.25) is 0 Å². The fourth-order valence-electron chi connectivity index (χ4n) is 0.652. The summed E-state index contributed by atoms with van der Waals surface area (Å²) in [6, 6.07) is 0. The minimum Gasteiger partial charge on any atom is -0.304 e. The van der Waals surface area contributed by atoms with Gasteiger partial charge < -0.3 is 4.79 Å². The number of carbonyl (C=O) groups excluding carboxylic acids is 1. The third-order valence-corrected chi connectivity index (χ3v) is 1.93. The smallest absolute Gasteiger partial charge is 0.117 e. The maximum atomic E-state index is 8.81. The van der Waals surface area contributed by atoms with E-state index in [2.05, 4.69) is 17.1 Å². The summed E-state index contributed by atoms with van der Waals surface area (Å²) in [4.78, 5) is 8.81. The Labute approximate surface area is 76.8 Å². The second-order valence-electron chi connectivity index (χ2n) is 2.20. The molecule has 1 rings (SSSR count). The second kappa shape index (κ2) is 6.91. The van der Waals surface area contributed by atoms with Crippen molar-refractivity contribution in [1.82, 2.24) is 10.2 Å². The summed E-state index contributed by atoms with van der Waals surface area (Å²) in [5.41, 5.74) is 0. The van der Waals surface area contributed by atoms with Crippen LogP contribution in [0.15, 0.2) is 0 Å². The van der Waals surface area contributed by atoms with Crippen LogP contribution in [0.5, 0.6) is 0 Å². The molecule has 0 radical (unpaired) electrons. The van der Waals surface area contributed by atoms with Crippen LogP contribution >= 0.6 is 11.3 Å². The first-order valence-electron chi connectivity index (χ1n) is 3.93. The van der Waals surface area contributed by atoms with Crippen LogP contribution in [0.1, 0.15) is 30.3 Å². The van der Waals surface area contributed by atoms with E-state index in [9.17, 15) is 0 Å². The second-order valence-corrected chi connectivity index (χ2v) is 3.47. The molecule has 0 unspecified atom stereocenters. The Bertz CT molecular complexity index is 223. The molecule has 0 saturated heterocycles. The molecule has 12 heavy (non-hydrogen) atoms. The zero-order chi connectivity index (χ0) is 9.40. The normalized spacial score (nSPS) is 8.58. The van der Waals surface area contributed by atoms with Crippen LogP contribution in [0.4, 0.5) is 0 Å². The molecule has 1 aromatic heterocycles. The Morgan fingerprint density at radius 3 is 2.42 bits per heavy atom. The van der Waals surface area contributed by atoms with Gasteiger partial charge in [-0.05, 0) is 20.3 Å². The molecule has 0 atom stereocenters. The predicted molar refractivity (Wildman–Crippen MR) is 50.4 cm³/mol. The topological polar surface area (TPSA) is 42.9 Å². The van der Waals surface area contributed by atoms with Gasteiger partial charge in [0, 0.05) is 6.42 Å². The third-order valence-electron chi connectivity index (χ3n) is 1.03. The van der Waals surface area contributed by atoms with Gasteiger partial charge in [0.25, 0.3) is 0 Å². The molecule has 0 aromatic carbocycles. The highest BCUT2D eigenvalue weighted by atomic mass is 32.1. The van der Waals surface area contributed by atoms with E-state index >= 15 is 0 Å². The summed E-state index contributed by atoms with van der Waals surface area (Å²) in [6.07, 6.45) is 2.99. The molecule has 0 N–H and O–H groups in total. The number of hydrogen-bond donors (Lipinski definition) is 0. The van der Waals surface area contributed by atoms with Crippen LogP contribution in [0.3, 0.4) is 0 Å². The number of carbonyl (C=O) groups is 1. The first-order chi connectivity index (χ1) is 5.74. The van der Waals surface area contributed by atoms with Crippen molar-refractivity contribution >= 4 is 17.6 Å². The maximum absolute atomic E-state index is 8.81. The molecular weight excluding hydrogens is 172 g/mol. The lowest BCUT2D eigenvalue weighted by molar-refractivity contribution is -0.106. The van der Waals surface area contributed by atoms with Gasteiger partial charge in [0.15, 0.2) is 0 Å². The van der Waals surface area contributed by atoms with Gasteiger partial charge in [0.2, 0.25) is 0 Å². The zero-order valence-corrected chi connectivity index (χ0v) is 8.52. The highest BCUT2D eigenvalue weighted by Gasteiger charge is 1.96. The Hall–Kier alpha value is -0.770. The number of aryl methyl sites for hydroxylation is 2. The van der Waals surface area contributed by atoms with Gasteiger partial charge in [-0.2, -0.15) is 0 Å². The van der Waals surface area contributed by atoms with Crippen LogP contribution in [-0.4, -0.2) is 16.5 Å². The standard InChI is InChI=1S/C6H10N2S.C2H4O/c1-3-4-6-8-7-5(2)9-6;1-2-3/h3-4H2,1-2H3;2H,1H3. The first-order valence-corrected chi connectivity index (χ1v) is 4.75. The minimum absolute atomic E-state index is 0.750. The van der Waals surface area contributed by atoms with E-state index in [1.54, 1.807) is 11.3 Å². The predicted octanol–water partition coefficient (Wildman–Crippen LogP) is 2.00. The zero-order valence-electron chi connectivity index (χ0n) is 7.70. The van der Waals surface area contributed by atoms with Crippen LogP contribution in [0.25, 0.3) is 0 Å². The lowest BCUT2D eigenvalue weighted by Gasteiger charge is -1.83. The largest absolute Gasteiger partial charge is 0.304 e. The monoisotopic (exact) mass is 186 g/mol. The van der Waals surface area contributed by atoms with E-state index in [0.717, 1.165) is 29.1 Å². The average molecular weight is 186 g/mol. The summed E-state index contributed by atoms with van der Waals surface area (Å²) in [7, 11) is 0. The van der Waals surface area contributed by atoms with Crippen molar-refractivity contribution in [2.45, 2.75) is 33.6 Å². The lowest BCUT2D eigenvalue weighted by Crippen LogP contribution is -1.79. The molecule has 0 bridgehead atoms. The van der Waals surface area contributed by atoms with Crippen molar-refractivity contribution in [3.8, 4) is 0 Å². The Morgan fingerprint density at radius 1 is 1.50 bits per heavy atom. The molecule has 68 valence electrons. The van der Waals surface area contributed by atoms with E-state index in [0.29, 0.717) is 0 Å². The summed E-state index contributed by atoms with van der Waals surface area (Å²) in [5, 5.41) is 10.1. The molecule has 3 nitrogen and oxygen atoms in total. The Balaban J connectivity index is 0.000000354. The molecule has 0 aliphatic carbocycles. The van der Waals surface area contributed by atoms with E-state index in [4.69, 9.17) is 4.79 Å². The van der Waals surface area contributed by atoms with E-state index in [1.807, 2.05) is 6.92 Å². The Morgan fingerprint density at radius 2 is 2.08 bits per heavy atom. The maximum Gasteiger partial charge on any atom is 0.117 e. The fourth-order valence-corrected chi connectivity index (χ4v) is 1.46. The molecule has 0 amide bonds. The lowest BCUT2D eigenvalue weighted by atomic mass is 10.4. The number of aldehydes is 1. The van der Waals surface area contributed by atoms with Gasteiger partial charge in [0.05, 0.1) is 0 Å². The molecule has 1 aromatic rings. The Kier molecular flexibility index (Phi) is 6.47. The molecule has 0 fully saturated rings. The van der Waals surface area contributed by atoms with Crippen molar-refractivity contribution in [2.24, 2.45) is 0 Å². The van der Waals surface area contributed by atoms with E-state index in [1.165, 1.54) is 6.92 Å². The van der Waals surface area contributed by atoms with Crippen molar-refractivity contribution in [1.29, 1.82) is 0 Å². The number of nitrogens with zero attached hydrogens (tertiary/aromatic N) is 2. The molecule has 4 heteroatoms. The van der Waals surface area contributed by atoms with Gasteiger partial charge in [-0.1, -0.05) is 6.92 Å². The SMILES string of the molecule is CC=O.CCCc1nnc(C)s1. The average Bonchev–Trinajstić information content (AvgIpc) is 2.38. The van der Waals surface area contributed by atoms with Gasteiger partial charge in [0.1, 0.15) is 16.3 Å². The van der Waals surface area contributed by atoms with E-state index < -0.39 is 0 Å². The number of rotatable bonds is 2. The molecule has 0 spiro atoms. The van der Waals surface area contributed by atoms with E-state index in [-0.39, 0.29) is 0 Å². The van der Waals surface area contributed by atoms with Crippen LogP contribution in [-0.2, 0) is 11.2 Å². The van der Waals surface area contributed by atoms with Crippen LogP contribution in [0, 0.1) is 6.92 Å². The van der Waals surface area contributed by atoms with Gasteiger partial charge in [-0.25, -0.2) is 0 Å². The third kappa shape index (κ3) is 4.96. The van der Waals surface area contributed by atoms with Crippen molar-refractivity contribution < 1.29 is 4.79 Å². The van der Waals surface area contributed by atoms with Crippen molar-refractivity contribution in [3.05, 3.63) is 10.0 Å². The molecule has 1 heterocycles. The highest BCUT2D eigenvalue weighted by molar-refractivity contribution is 7.11. The van der Waals surface area contributed by atoms with Gasteiger partial charge in [-0.15, -0.1) is 21.5 Å². The van der Waals surface area contributed by atoms with Crippen molar-refractivity contribution in [3.63, 3.8) is 0 Å². The quantitative estimate of drug-likeness (QED) is 0.663. The number of hydrogen-bond acceptors (Lipinski definition) is 4. The summed E-state index contributed by atoms with van der Waals surface area (Å²) in [5.74, 6) is 0. The summed E-state index contributed by atoms with van der Waals surface area (Å²) >= 11 is 1.69. The highest BCUT2D eigenvalue weighted by Crippen LogP contribution is 2.09. The molecule has 0 saturated carbocycles. The van der Waals surface area contributed by atoms with Gasteiger partial charge >= 0.3 is 0 Å². The first kappa shape index (κ1) is 11.2. The number of aromatic nitrogens is 2. The fraction of sp³-hybridized carbons (Fsp3) is 0.625. The van der Waals surface area contributed by atoms with Crippen LogP contribution < -0.4 is 0 Å². The summed E-state index contributed by atoms with van der Waals surface area (Å²) in [6.45, 7) is 5.58. The molecule has 0 aliphatic heterocycles. The van der Waals surface area contributed by atoms with Crippen molar-refractivity contribution in [2.75, 3.05) is 0 Å². The summed E-state index contributed by atoms with van der Waals surface area (Å²) < 4.78 is 0.